The SMILES string of the molecule is COc1cccc(-c2noc(COC(=O)c3cccc(NC(C)=O)c3)n2)c1. The number of ether oxygens (including phenoxy) is 2. The molecule has 8 heteroatoms. The van der Waals surface area contributed by atoms with Crippen LogP contribution >= 0.6 is 0 Å². The van der Waals surface area contributed by atoms with Gasteiger partial charge in [0.15, 0.2) is 6.61 Å². The minimum atomic E-state index is -0.566. The number of anilines is 1. The molecular formula is C19H17N3O5. The molecule has 0 fully saturated rings. The lowest BCUT2D eigenvalue weighted by atomic mass is 10.2. The summed E-state index contributed by atoms with van der Waals surface area (Å²) in [7, 11) is 1.57. The molecule has 8 nitrogen and oxygen atoms in total. The van der Waals surface area contributed by atoms with Crippen LogP contribution in [0.15, 0.2) is 53.1 Å². The van der Waals surface area contributed by atoms with Crippen LogP contribution in [0.4, 0.5) is 5.69 Å². The molecule has 0 aliphatic carbocycles. The summed E-state index contributed by atoms with van der Waals surface area (Å²) in [6.07, 6.45) is 0. The number of nitrogens with one attached hydrogen (secondary N) is 1. The van der Waals surface area contributed by atoms with Crippen molar-refractivity contribution in [2.45, 2.75) is 13.5 Å². The number of benzene rings is 2. The van der Waals surface area contributed by atoms with E-state index in [0.29, 0.717) is 22.8 Å². The van der Waals surface area contributed by atoms with Crippen molar-refractivity contribution in [3.05, 3.63) is 60.0 Å². The van der Waals surface area contributed by atoms with Gasteiger partial charge in [0.2, 0.25) is 11.7 Å². The van der Waals surface area contributed by atoms with Gasteiger partial charge in [-0.25, -0.2) is 4.79 Å². The molecule has 0 saturated heterocycles. The summed E-state index contributed by atoms with van der Waals surface area (Å²) >= 11 is 0. The number of hydrogen-bond acceptors (Lipinski definition) is 7. The molecule has 3 rings (SSSR count). The van der Waals surface area contributed by atoms with Gasteiger partial charge in [-0.05, 0) is 30.3 Å². The minimum absolute atomic E-state index is 0.166. The summed E-state index contributed by atoms with van der Waals surface area (Å²) in [5, 5.41) is 6.49. The van der Waals surface area contributed by atoms with Gasteiger partial charge in [-0.15, -0.1) is 0 Å². The smallest absolute Gasteiger partial charge is 0.338 e. The molecule has 0 aliphatic heterocycles. The fourth-order valence-corrected chi connectivity index (χ4v) is 2.33. The van der Waals surface area contributed by atoms with E-state index in [1.807, 2.05) is 12.1 Å². The van der Waals surface area contributed by atoms with Gasteiger partial charge in [-0.3, -0.25) is 4.79 Å². The maximum atomic E-state index is 12.2. The van der Waals surface area contributed by atoms with Crippen LogP contribution < -0.4 is 10.1 Å². The molecule has 1 aromatic heterocycles. The van der Waals surface area contributed by atoms with Crippen molar-refractivity contribution < 1.29 is 23.6 Å². The van der Waals surface area contributed by atoms with Crippen molar-refractivity contribution in [1.82, 2.24) is 10.1 Å². The van der Waals surface area contributed by atoms with Crippen LogP contribution in [0, 0.1) is 0 Å². The average molecular weight is 367 g/mol. The van der Waals surface area contributed by atoms with Gasteiger partial charge < -0.3 is 19.3 Å². The number of methoxy groups -OCH3 is 1. The van der Waals surface area contributed by atoms with Crippen LogP contribution in [0.1, 0.15) is 23.2 Å². The van der Waals surface area contributed by atoms with E-state index in [1.54, 1.807) is 37.4 Å². The Labute approximate surface area is 155 Å². The molecule has 2 aromatic carbocycles. The molecule has 0 unspecified atom stereocenters. The van der Waals surface area contributed by atoms with Crippen molar-refractivity contribution in [3.8, 4) is 17.1 Å². The topological polar surface area (TPSA) is 104 Å². The summed E-state index contributed by atoms with van der Waals surface area (Å²) in [6, 6.07) is 13.6. The summed E-state index contributed by atoms with van der Waals surface area (Å²) in [4.78, 5) is 27.5. The number of carbonyl (C=O) groups is 2. The van der Waals surface area contributed by atoms with E-state index < -0.39 is 5.97 Å². The first-order valence-electron chi connectivity index (χ1n) is 8.07. The zero-order valence-corrected chi connectivity index (χ0v) is 14.8. The number of hydrogen-bond donors (Lipinski definition) is 1. The molecule has 0 saturated carbocycles. The molecule has 3 aromatic rings. The van der Waals surface area contributed by atoms with Gasteiger partial charge in [0, 0.05) is 18.2 Å². The lowest BCUT2D eigenvalue weighted by Gasteiger charge is -2.05. The lowest BCUT2D eigenvalue weighted by molar-refractivity contribution is -0.114. The molecule has 0 radical (unpaired) electrons. The highest BCUT2D eigenvalue weighted by molar-refractivity contribution is 5.93. The maximum Gasteiger partial charge on any atom is 0.338 e. The molecule has 1 amide bonds. The highest BCUT2D eigenvalue weighted by atomic mass is 16.6. The first-order chi connectivity index (χ1) is 13.0. The Morgan fingerprint density at radius 3 is 2.74 bits per heavy atom. The molecule has 0 atom stereocenters. The Balaban J connectivity index is 1.64. The fourth-order valence-electron chi connectivity index (χ4n) is 2.33. The molecule has 27 heavy (non-hydrogen) atoms. The Morgan fingerprint density at radius 2 is 1.96 bits per heavy atom. The second kappa shape index (κ2) is 8.13. The van der Waals surface area contributed by atoms with Crippen LogP contribution in [0.25, 0.3) is 11.4 Å². The number of amides is 1. The van der Waals surface area contributed by atoms with E-state index in [2.05, 4.69) is 15.5 Å². The number of rotatable bonds is 6. The van der Waals surface area contributed by atoms with Crippen molar-refractivity contribution >= 4 is 17.6 Å². The Kier molecular flexibility index (Phi) is 5.46. The predicted octanol–water partition coefficient (Wildman–Crippen LogP) is 3.06. The monoisotopic (exact) mass is 367 g/mol. The third-order valence-electron chi connectivity index (χ3n) is 3.54. The van der Waals surface area contributed by atoms with Crippen molar-refractivity contribution in [2.75, 3.05) is 12.4 Å². The number of nitrogens with zero attached hydrogens (tertiary/aromatic N) is 2. The van der Waals surface area contributed by atoms with Gasteiger partial charge in [0.1, 0.15) is 5.75 Å². The second-order valence-electron chi connectivity index (χ2n) is 5.58. The molecule has 138 valence electrons. The van der Waals surface area contributed by atoms with Gasteiger partial charge in [-0.2, -0.15) is 4.98 Å². The molecule has 1 heterocycles. The van der Waals surface area contributed by atoms with Crippen LogP contribution in [0.3, 0.4) is 0 Å². The van der Waals surface area contributed by atoms with E-state index in [-0.39, 0.29) is 18.4 Å². The normalized spacial score (nSPS) is 10.3. The van der Waals surface area contributed by atoms with Gasteiger partial charge in [-0.1, -0.05) is 23.4 Å². The highest BCUT2D eigenvalue weighted by Gasteiger charge is 2.13. The van der Waals surface area contributed by atoms with E-state index in [0.717, 1.165) is 5.56 Å². The first-order valence-corrected chi connectivity index (χ1v) is 8.07. The van der Waals surface area contributed by atoms with E-state index in [1.165, 1.54) is 13.0 Å². The lowest BCUT2D eigenvalue weighted by Crippen LogP contribution is -2.09. The summed E-state index contributed by atoms with van der Waals surface area (Å²) in [6.45, 7) is 1.22. The average Bonchev–Trinajstić information content (AvgIpc) is 3.15. The Bertz CT molecular complexity index is 967. The number of esters is 1. The molecule has 0 aliphatic rings. The van der Waals surface area contributed by atoms with Gasteiger partial charge in [0.25, 0.3) is 5.89 Å². The van der Waals surface area contributed by atoms with Crippen LogP contribution in [0.2, 0.25) is 0 Å². The molecule has 1 N–H and O–H groups in total. The van der Waals surface area contributed by atoms with Crippen molar-refractivity contribution in [3.63, 3.8) is 0 Å². The number of aromatic nitrogens is 2. The summed E-state index contributed by atoms with van der Waals surface area (Å²) < 4.78 is 15.5. The van der Waals surface area contributed by atoms with E-state index >= 15 is 0 Å². The van der Waals surface area contributed by atoms with E-state index in [4.69, 9.17) is 14.0 Å². The van der Waals surface area contributed by atoms with E-state index in [9.17, 15) is 9.59 Å². The standard InChI is InChI=1S/C19H17N3O5/c1-12(23)20-15-7-3-6-14(9-15)19(24)26-11-17-21-18(22-27-17)13-5-4-8-16(10-13)25-2/h3-10H,11H2,1-2H3,(H,20,23). The summed E-state index contributed by atoms with van der Waals surface area (Å²) in [5.41, 5.74) is 1.53. The summed E-state index contributed by atoms with van der Waals surface area (Å²) in [5.74, 6) is 0.413. The number of carbonyl (C=O) groups excluding carboxylic acids is 2. The van der Waals surface area contributed by atoms with Crippen LogP contribution in [0.5, 0.6) is 5.75 Å². The van der Waals surface area contributed by atoms with Crippen molar-refractivity contribution in [2.24, 2.45) is 0 Å². The highest BCUT2D eigenvalue weighted by Crippen LogP contribution is 2.21. The van der Waals surface area contributed by atoms with Crippen LogP contribution in [-0.2, 0) is 16.1 Å². The van der Waals surface area contributed by atoms with Crippen LogP contribution in [-0.4, -0.2) is 29.1 Å². The van der Waals surface area contributed by atoms with Gasteiger partial charge in [0.05, 0.1) is 12.7 Å². The minimum Gasteiger partial charge on any atom is -0.497 e. The Hall–Kier alpha value is -3.68. The zero-order chi connectivity index (χ0) is 19.2. The molecular weight excluding hydrogens is 350 g/mol. The quantitative estimate of drug-likeness (QED) is 0.668. The largest absolute Gasteiger partial charge is 0.497 e. The fraction of sp³-hybridized carbons (Fsp3) is 0.158. The maximum absolute atomic E-state index is 12.2. The second-order valence-corrected chi connectivity index (χ2v) is 5.58. The molecule has 0 bridgehead atoms. The van der Waals surface area contributed by atoms with Gasteiger partial charge >= 0.3 is 5.97 Å². The first kappa shape index (κ1) is 18.1. The third kappa shape index (κ3) is 4.69. The zero-order valence-electron chi connectivity index (χ0n) is 14.8. The Morgan fingerprint density at radius 1 is 1.15 bits per heavy atom. The third-order valence-corrected chi connectivity index (χ3v) is 3.54. The predicted molar refractivity (Wildman–Crippen MR) is 96.2 cm³/mol. The van der Waals surface area contributed by atoms with Crippen molar-refractivity contribution in [1.29, 1.82) is 0 Å². The molecule has 0 spiro atoms.